The van der Waals surface area contributed by atoms with Crippen LogP contribution in [-0.2, 0) is 12.8 Å². The molecule has 0 unspecified atom stereocenters. The first-order valence-corrected chi connectivity index (χ1v) is 6.28. The summed E-state index contributed by atoms with van der Waals surface area (Å²) in [6.07, 6.45) is 3.20. The summed E-state index contributed by atoms with van der Waals surface area (Å²) in [6.45, 7) is 0. The quantitative estimate of drug-likeness (QED) is 0.740. The largest absolute Gasteiger partial charge is 0.369 e. The molecule has 0 aliphatic heterocycles. The topological polar surface area (TPSA) is 97.5 Å². The average molecular weight is 267 g/mol. The van der Waals surface area contributed by atoms with Crippen LogP contribution in [0.4, 0.5) is 5.95 Å². The molecule has 20 heavy (non-hydrogen) atoms. The zero-order valence-corrected chi connectivity index (χ0v) is 10.7. The first kappa shape index (κ1) is 12.3. The molecule has 0 spiro atoms. The van der Waals surface area contributed by atoms with Gasteiger partial charge in [0.05, 0.1) is 11.9 Å². The highest BCUT2D eigenvalue weighted by Gasteiger charge is 2.06. The van der Waals surface area contributed by atoms with Crippen LogP contribution >= 0.6 is 0 Å². The third-order valence-corrected chi connectivity index (χ3v) is 3.00. The van der Waals surface area contributed by atoms with Crippen LogP contribution in [0.1, 0.15) is 11.3 Å². The van der Waals surface area contributed by atoms with Crippen LogP contribution in [0.25, 0.3) is 11.2 Å². The van der Waals surface area contributed by atoms with Gasteiger partial charge in [-0.15, -0.1) is 0 Å². The number of aromatic amines is 1. The number of nitrogens with one attached hydrogen (secondary N) is 1. The van der Waals surface area contributed by atoms with Crippen molar-refractivity contribution in [2.75, 3.05) is 5.73 Å². The Morgan fingerprint density at radius 2 is 1.90 bits per heavy atom. The summed E-state index contributed by atoms with van der Waals surface area (Å²) in [4.78, 5) is 26.6. The van der Waals surface area contributed by atoms with Crippen LogP contribution in [0.15, 0.2) is 41.3 Å². The summed E-state index contributed by atoms with van der Waals surface area (Å²) in [5.74, 6) is 0.0498. The lowest BCUT2D eigenvalue weighted by Crippen LogP contribution is -2.14. The SMILES string of the molecule is Nc1nc2ncc(CCc3ccccc3)nc2c(=O)[nH]1. The second-order valence-electron chi connectivity index (χ2n) is 4.47. The maximum atomic E-state index is 11.7. The minimum atomic E-state index is -0.360. The van der Waals surface area contributed by atoms with Crippen LogP contribution < -0.4 is 11.3 Å². The lowest BCUT2D eigenvalue weighted by Gasteiger charge is -2.02. The number of benzene rings is 1. The van der Waals surface area contributed by atoms with Crippen molar-refractivity contribution in [2.45, 2.75) is 12.8 Å². The maximum Gasteiger partial charge on any atom is 0.280 e. The number of fused-ring (bicyclic) bond motifs is 1. The number of nitrogens with two attached hydrogens (primary N) is 1. The summed E-state index contributed by atoms with van der Waals surface area (Å²) >= 11 is 0. The van der Waals surface area contributed by atoms with Crippen molar-refractivity contribution in [2.24, 2.45) is 0 Å². The van der Waals surface area contributed by atoms with Crippen molar-refractivity contribution in [3.63, 3.8) is 0 Å². The minimum absolute atomic E-state index is 0.0498. The molecule has 0 fully saturated rings. The third kappa shape index (κ3) is 2.49. The van der Waals surface area contributed by atoms with E-state index in [4.69, 9.17) is 5.73 Å². The highest BCUT2D eigenvalue weighted by molar-refractivity contribution is 5.69. The number of hydrogen-bond acceptors (Lipinski definition) is 5. The maximum absolute atomic E-state index is 11.7. The minimum Gasteiger partial charge on any atom is -0.369 e. The zero-order valence-electron chi connectivity index (χ0n) is 10.7. The van der Waals surface area contributed by atoms with Gasteiger partial charge in [-0.05, 0) is 18.4 Å². The molecule has 2 heterocycles. The van der Waals surface area contributed by atoms with Gasteiger partial charge in [-0.3, -0.25) is 9.78 Å². The van der Waals surface area contributed by atoms with Crippen LogP contribution in [0.3, 0.4) is 0 Å². The van der Waals surface area contributed by atoms with E-state index in [-0.39, 0.29) is 22.7 Å². The van der Waals surface area contributed by atoms with Gasteiger partial charge in [-0.2, -0.15) is 4.98 Å². The molecule has 3 rings (SSSR count). The number of aromatic nitrogens is 4. The highest BCUT2D eigenvalue weighted by Crippen LogP contribution is 2.07. The predicted octanol–water partition coefficient (Wildman–Crippen LogP) is 1.08. The van der Waals surface area contributed by atoms with Crippen LogP contribution in [-0.4, -0.2) is 19.9 Å². The van der Waals surface area contributed by atoms with Gasteiger partial charge in [0.2, 0.25) is 5.95 Å². The number of H-pyrrole nitrogens is 1. The molecule has 6 nitrogen and oxygen atoms in total. The second kappa shape index (κ2) is 5.08. The average Bonchev–Trinajstić information content (AvgIpc) is 2.46. The fraction of sp³-hybridized carbons (Fsp3) is 0.143. The van der Waals surface area contributed by atoms with E-state index in [9.17, 15) is 4.79 Å². The zero-order chi connectivity index (χ0) is 13.9. The van der Waals surface area contributed by atoms with Crippen molar-refractivity contribution in [3.05, 3.63) is 58.1 Å². The third-order valence-electron chi connectivity index (χ3n) is 3.00. The van der Waals surface area contributed by atoms with Crippen molar-refractivity contribution in [1.29, 1.82) is 0 Å². The van der Waals surface area contributed by atoms with Crippen molar-refractivity contribution in [1.82, 2.24) is 19.9 Å². The smallest absolute Gasteiger partial charge is 0.280 e. The summed E-state index contributed by atoms with van der Waals surface area (Å²) < 4.78 is 0. The van der Waals surface area contributed by atoms with Gasteiger partial charge in [0.15, 0.2) is 11.2 Å². The van der Waals surface area contributed by atoms with Crippen molar-refractivity contribution < 1.29 is 0 Å². The molecule has 0 amide bonds. The van der Waals surface area contributed by atoms with E-state index in [0.717, 1.165) is 18.5 Å². The van der Waals surface area contributed by atoms with Gasteiger partial charge in [0.1, 0.15) is 0 Å². The van der Waals surface area contributed by atoms with Crippen LogP contribution in [0, 0.1) is 0 Å². The lowest BCUT2D eigenvalue weighted by molar-refractivity contribution is 0.907. The Hall–Kier alpha value is -2.76. The van der Waals surface area contributed by atoms with E-state index in [1.54, 1.807) is 6.20 Å². The van der Waals surface area contributed by atoms with E-state index >= 15 is 0 Å². The van der Waals surface area contributed by atoms with Gasteiger partial charge in [0.25, 0.3) is 5.56 Å². The fourth-order valence-corrected chi connectivity index (χ4v) is 2.01. The van der Waals surface area contributed by atoms with Crippen molar-refractivity contribution >= 4 is 17.1 Å². The highest BCUT2D eigenvalue weighted by atomic mass is 16.1. The molecule has 0 saturated heterocycles. The number of nitrogens with zero attached hydrogens (tertiary/aromatic N) is 3. The summed E-state index contributed by atoms with van der Waals surface area (Å²) in [7, 11) is 0. The molecule has 3 N–H and O–H groups in total. The van der Waals surface area contributed by atoms with Gasteiger partial charge in [0, 0.05) is 0 Å². The number of aryl methyl sites for hydroxylation is 2. The number of nitrogen functional groups attached to an aromatic ring is 1. The number of anilines is 1. The second-order valence-corrected chi connectivity index (χ2v) is 4.47. The van der Waals surface area contributed by atoms with E-state index in [0.29, 0.717) is 0 Å². The molecule has 2 aromatic heterocycles. The number of hydrogen-bond donors (Lipinski definition) is 2. The van der Waals surface area contributed by atoms with Gasteiger partial charge in [-0.25, -0.2) is 9.97 Å². The summed E-state index contributed by atoms with van der Waals surface area (Å²) in [5, 5.41) is 0. The van der Waals surface area contributed by atoms with Gasteiger partial charge >= 0.3 is 0 Å². The molecule has 0 aliphatic rings. The molecule has 6 heteroatoms. The van der Waals surface area contributed by atoms with E-state index < -0.39 is 0 Å². The molecular weight excluding hydrogens is 254 g/mol. The first-order valence-electron chi connectivity index (χ1n) is 6.28. The Labute approximate surface area is 114 Å². The van der Waals surface area contributed by atoms with Gasteiger partial charge < -0.3 is 5.73 Å². The summed E-state index contributed by atoms with van der Waals surface area (Å²) in [5.41, 5.74) is 7.59. The normalized spacial score (nSPS) is 10.8. The number of rotatable bonds is 3. The van der Waals surface area contributed by atoms with E-state index in [1.165, 1.54) is 5.56 Å². The predicted molar refractivity (Wildman–Crippen MR) is 76.2 cm³/mol. The Balaban J connectivity index is 1.88. The van der Waals surface area contributed by atoms with E-state index in [1.807, 2.05) is 18.2 Å². The molecule has 0 atom stereocenters. The standard InChI is InChI=1S/C14H13N5O/c15-14-18-12-11(13(20)19-14)17-10(8-16-12)7-6-9-4-2-1-3-5-9/h1-5,8H,6-7H2,(H3,15,16,18,19,20). The Morgan fingerprint density at radius 1 is 1.10 bits per heavy atom. The first-order chi connectivity index (χ1) is 9.72. The Kier molecular flexibility index (Phi) is 3.12. The van der Waals surface area contributed by atoms with E-state index in [2.05, 4.69) is 32.1 Å². The lowest BCUT2D eigenvalue weighted by atomic mass is 10.1. The molecule has 0 bridgehead atoms. The Bertz CT molecular complexity index is 798. The van der Waals surface area contributed by atoms with Gasteiger partial charge in [-0.1, -0.05) is 30.3 Å². The molecule has 0 aliphatic carbocycles. The Morgan fingerprint density at radius 3 is 2.70 bits per heavy atom. The molecule has 0 saturated carbocycles. The van der Waals surface area contributed by atoms with Crippen molar-refractivity contribution in [3.8, 4) is 0 Å². The van der Waals surface area contributed by atoms with Crippen LogP contribution in [0.5, 0.6) is 0 Å². The molecule has 3 aromatic rings. The fourth-order valence-electron chi connectivity index (χ4n) is 2.01. The molecule has 0 radical (unpaired) electrons. The monoisotopic (exact) mass is 267 g/mol. The van der Waals surface area contributed by atoms with Crippen LogP contribution in [0.2, 0.25) is 0 Å². The molecular formula is C14H13N5O. The molecule has 100 valence electrons. The molecule has 1 aromatic carbocycles. The summed E-state index contributed by atoms with van der Waals surface area (Å²) in [6, 6.07) is 10.1.